The molecule has 2 heterocycles. The number of benzene rings is 2. The SMILES string of the molecule is Cc1ccc(S(=O)(=O)CC2(C)CN(Cc3ccccc3)CCC2C2OCCO2)cc1. The van der Waals surface area contributed by atoms with Gasteiger partial charge in [0.2, 0.25) is 0 Å². The topological polar surface area (TPSA) is 55.8 Å². The fourth-order valence-corrected chi connectivity index (χ4v) is 6.73. The lowest BCUT2D eigenvalue weighted by molar-refractivity contribution is -0.136. The second kappa shape index (κ2) is 8.79. The Bertz CT molecular complexity index is 939. The van der Waals surface area contributed by atoms with Crippen LogP contribution in [0, 0.1) is 18.3 Å². The summed E-state index contributed by atoms with van der Waals surface area (Å²) in [5.74, 6) is 0.134. The van der Waals surface area contributed by atoms with Crippen molar-refractivity contribution in [3.63, 3.8) is 0 Å². The molecule has 2 saturated heterocycles. The molecule has 0 amide bonds. The molecule has 4 rings (SSSR count). The Balaban J connectivity index is 1.58. The minimum absolute atomic E-state index is 0.0484. The predicted octanol–water partition coefficient (Wildman–Crippen LogP) is 3.67. The van der Waals surface area contributed by atoms with Gasteiger partial charge in [-0.25, -0.2) is 8.42 Å². The van der Waals surface area contributed by atoms with E-state index in [1.54, 1.807) is 12.1 Å². The van der Waals surface area contributed by atoms with Crippen LogP contribution in [0.2, 0.25) is 0 Å². The molecule has 0 bridgehead atoms. The number of piperidine rings is 1. The van der Waals surface area contributed by atoms with E-state index >= 15 is 0 Å². The summed E-state index contributed by atoms with van der Waals surface area (Å²) in [4.78, 5) is 2.76. The zero-order chi connectivity index (χ0) is 21.2. The summed E-state index contributed by atoms with van der Waals surface area (Å²) in [7, 11) is -3.43. The second-order valence-corrected chi connectivity index (χ2v) is 10.9. The molecule has 6 heteroatoms. The van der Waals surface area contributed by atoms with Crippen molar-refractivity contribution in [3.05, 3.63) is 65.7 Å². The molecule has 2 aliphatic rings. The molecule has 30 heavy (non-hydrogen) atoms. The van der Waals surface area contributed by atoms with Crippen LogP contribution >= 0.6 is 0 Å². The Labute approximate surface area is 179 Å². The van der Waals surface area contributed by atoms with Crippen molar-refractivity contribution in [2.24, 2.45) is 11.3 Å². The van der Waals surface area contributed by atoms with E-state index in [2.05, 4.69) is 24.0 Å². The van der Waals surface area contributed by atoms with Gasteiger partial charge in [-0.05, 0) is 37.6 Å². The predicted molar refractivity (Wildman–Crippen MR) is 117 cm³/mol. The third-order valence-corrected chi connectivity index (χ3v) is 8.39. The van der Waals surface area contributed by atoms with Crippen LogP contribution in [0.15, 0.2) is 59.5 Å². The summed E-state index contributed by atoms with van der Waals surface area (Å²) in [6.07, 6.45) is 0.541. The molecule has 0 radical (unpaired) electrons. The van der Waals surface area contributed by atoms with Crippen molar-refractivity contribution in [2.45, 2.75) is 38.0 Å². The molecule has 2 atom stereocenters. The first-order chi connectivity index (χ1) is 14.4. The lowest BCUT2D eigenvalue weighted by atomic mass is 9.73. The van der Waals surface area contributed by atoms with Crippen LogP contribution < -0.4 is 0 Å². The van der Waals surface area contributed by atoms with Gasteiger partial charge in [-0.2, -0.15) is 0 Å². The Morgan fingerprint density at radius 2 is 1.70 bits per heavy atom. The smallest absolute Gasteiger partial charge is 0.178 e. The Hall–Kier alpha value is -1.73. The number of nitrogens with zero attached hydrogens (tertiary/aromatic N) is 1. The van der Waals surface area contributed by atoms with E-state index < -0.39 is 15.3 Å². The van der Waals surface area contributed by atoms with Gasteiger partial charge in [-0.1, -0.05) is 55.0 Å². The molecule has 0 aliphatic carbocycles. The van der Waals surface area contributed by atoms with Crippen molar-refractivity contribution >= 4 is 9.84 Å². The lowest BCUT2D eigenvalue weighted by Gasteiger charge is -2.47. The van der Waals surface area contributed by atoms with Crippen molar-refractivity contribution < 1.29 is 17.9 Å². The van der Waals surface area contributed by atoms with Gasteiger partial charge in [-0.15, -0.1) is 0 Å². The lowest BCUT2D eigenvalue weighted by Crippen LogP contribution is -2.53. The maximum absolute atomic E-state index is 13.3. The minimum Gasteiger partial charge on any atom is -0.350 e. The number of likely N-dealkylation sites (tertiary alicyclic amines) is 1. The number of sulfone groups is 1. The average molecular weight is 430 g/mol. The van der Waals surface area contributed by atoms with Crippen LogP contribution in [0.3, 0.4) is 0 Å². The van der Waals surface area contributed by atoms with E-state index in [0.29, 0.717) is 24.7 Å². The molecular formula is C24H31NO4S. The number of aryl methyl sites for hydroxylation is 1. The van der Waals surface area contributed by atoms with Gasteiger partial charge in [0.15, 0.2) is 16.1 Å². The van der Waals surface area contributed by atoms with Gasteiger partial charge >= 0.3 is 0 Å². The molecule has 5 nitrogen and oxygen atoms in total. The first kappa shape index (κ1) is 21.5. The van der Waals surface area contributed by atoms with Crippen LogP contribution in [-0.2, 0) is 25.9 Å². The highest BCUT2D eigenvalue weighted by Crippen LogP contribution is 2.42. The standard InChI is InChI=1S/C24H31NO4S/c1-19-8-10-21(11-9-19)30(26,27)18-24(2)17-25(16-20-6-4-3-5-7-20)13-12-22(24)23-28-14-15-29-23/h3-11,22-23H,12-18H2,1-2H3. The van der Waals surface area contributed by atoms with Gasteiger partial charge in [0.25, 0.3) is 0 Å². The van der Waals surface area contributed by atoms with Gasteiger partial charge in [0.05, 0.1) is 23.9 Å². The van der Waals surface area contributed by atoms with E-state index in [4.69, 9.17) is 9.47 Å². The Kier molecular flexibility index (Phi) is 6.30. The quantitative estimate of drug-likeness (QED) is 0.701. The monoisotopic (exact) mass is 429 g/mol. The molecule has 0 N–H and O–H groups in total. The number of rotatable bonds is 6. The average Bonchev–Trinajstić information content (AvgIpc) is 3.23. The highest BCUT2D eigenvalue weighted by atomic mass is 32.2. The number of hydrogen-bond donors (Lipinski definition) is 0. The van der Waals surface area contributed by atoms with Gasteiger partial charge < -0.3 is 9.47 Å². The van der Waals surface area contributed by atoms with Gasteiger partial charge in [-0.3, -0.25) is 4.90 Å². The van der Waals surface area contributed by atoms with Crippen LogP contribution in [0.5, 0.6) is 0 Å². The van der Waals surface area contributed by atoms with E-state index in [0.717, 1.165) is 25.1 Å². The summed E-state index contributed by atoms with van der Waals surface area (Å²) in [5.41, 5.74) is 1.83. The van der Waals surface area contributed by atoms with Crippen LogP contribution in [0.4, 0.5) is 0 Å². The highest BCUT2D eigenvalue weighted by molar-refractivity contribution is 7.91. The third kappa shape index (κ3) is 4.78. The van der Waals surface area contributed by atoms with E-state index in [1.165, 1.54) is 5.56 Å². The molecule has 2 aromatic carbocycles. The highest BCUT2D eigenvalue weighted by Gasteiger charge is 2.48. The van der Waals surface area contributed by atoms with Crippen LogP contribution in [0.25, 0.3) is 0 Å². The molecule has 2 fully saturated rings. The van der Waals surface area contributed by atoms with Crippen molar-refractivity contribution in [3.8, 4) is 0 Å². The largest absolute Gasteiger partial charge is 0.350 e. The third-order valence-electron chi connectivity index (χ3n) is 6.36. The summed E-state index contributed by atoms with van der Waals surface area (Å²) in [6.45, 7) is 7.63. The van der Waals surface area contributed by atoms with E-state index in [1.807, 2.05) is 37.3 Å². The molecule has 0 spiro atoms. The molecule has 2 aliphatic heterocycles. The zero-order valence-electron chi connectivity index (χ0n) is 17.8. The molecule has 2 unspecified atom stereocenters. The number of hydrogen-bond acceptors (Lipinski definition) is 5. The molecule has 162 valence electrons. The van der Waals surface area contributed by atoms with Gasteiger partial charge in [0.1, 0.15) is 0 Å². The maximum Gasteiger partial charge on any atom is 0.178 e. The maximum atomic E-state index is 13.3. The fourth-order valence-electron chi connectivity index (χ4n) is 4.84. The Morgan fingerprint density at radius 3 is 2.37 bits per heavy atom. The summed E-state index contributed by atoms with van der Waals surface area (Å²) < 4.78 is 38.4. The Morgan fingerprint density at radius 1 is 1.03 bits per heavy atom. The molecule has 2 aromatic rings. The molecule has 0 aromatic heterocycles. The minimum atomic E-state index is -3.43. The summed E-state index contributed by atoms with van der Waals surface area (Å²) in [5, 5.41) is 0. The summed E-state index contributed by atoms with van der Waals surface area (Å²) in [6, 6.07) is 17.5. The normalized spacial score (nSPS) is 26.1. The van der Waals surface area contributed by atoms with Crippen LogP contribution in [-0.4, -0.2) is 51.7 Å². The van der Waals surface area contributed by atoms with E-state index in [-0.39, 0.29) is 18.0 Å². The van der Waals surface area contributed by atoms with Crippen molar-refractivity contribution in [1.29, 1.82) is 0 Å². The van der Waals surface area contributed by atoms with E-state index in [9.17, 15) is 8.42 Å². The second-order valence-electron chi connectivity index (χ2n) is 8.93. The zero-order valence-corrected chi connectivity index (χ0v) is 18.6. The summed E-state index contributed by atoms with van der Waals surface area (Å²) >= 11 is 0. The van der Waals surface area contributed by atoms with Crippen molar-refractivity contribution in [2.75, 3.05) is 32.1 Å². The van der Waals surface area contributed by atoms with Crippen molar-refractivity contribution in [1.82, 2.24) is 4.90 Å². The molecule has 0 saturated carbocycles. The first-order valence-electron chi connectivity index (χ1n) is 10.6. The first-order valence-corrected chi connectivity index (χ1v) is 12.3. The fraction of sp³-hybridized carbons (Fsp3) is 0.500. The van der Waals surface area contributed by atoms with Gasteiger partial charge in [0, 0.05) is 24.4 Å². The molecular weight excluding hydrogens is 398 g/mol. The number of ether oxygens (including phenoxy) is 2. The van der Waals surface area contributed by atoms with Crippen LogP contribution in [0.1, 0.15) is 24.5 Å².